The summed E-state index contributed by atoms with van der Waals surface area (Å²) in [5, 5.41) is 2.70. The molecule has 7 heteroatoms. The Bertz CT molecular complexity index is 808. The van der Waals surface area contributed by atoms with Gasteiger partial charge in [0.05, 0.1) is 0 Å². The van der Waals surface area contributed by atoms with E-state index in [0.717, 1.165) is 5.56 Å². The number of benzene rings is 2. The molecule has 0 saturated carbocycles. The Labute approximate surface area is 164 Å². The maximum absolute atomic E-state index is 12.2. The molecule has 0 saturated heterocycles. The normalized spacial score (nSPS) is 11.2. The number of carbonyl (C=O) groups is 3. The first-order chi connectivity index (χ1) is 13.5. The highest BCUT2D eigenvalue weighted by molar-refractivity contribution is 5.93. The second-order valence-electron chi connectivity index (χ2n) is 6.23. The topological polar surface area (TPSA) is 96.5 Å². The molecule has 2 aromatic carbocycles. The Hall–Kier alpha value is -3.35. The molecule has 2 rings (SSSR count). The number of hydrogen-bond acceptors (Lipinski definition) is 4. The molecule has 3 N–H and O–H groups in total. The molecule has 3 amide bonds. The molecule has 0 fully saturated rings. The van der Waals surface area contributed by atoms with Gasteiger partial charge >= 0.3 is 0 Å². The van der Waals surface area contributed by atoms with Crippen molar-refractivity contribution in [2.24, 2.45) is 0 Å². The van der Waals surface area contributed by atoms with E-state index in [9.17, 15) is 14.4 Å². The van der Waals surface area contributed by atoms with E-state index in [2.05, 4.69) is 16.2 Å². The highest BCUT2D eigenvalue weighted by Gasteiger charge is 2.19. The van der Waals surface area contributed by atoms with E-state index in [1.807, 2.05) is 38.1 Å². The molecule has 0 bridgehead atoms. The number of nitrogens with one attached hydrogen (secondary N) is 3. The van der Waals surface area contributed by atoms with Crippen LogP contribution in [0.4, 0.5) is 5.69 Å². The van der Waals surface area contributed by atoms with Crippen molar-refractivity contribution in [1.29, 1.82) is 0 Å². The van der Waals surface area contributed by atoms with Gasteiger partial charge in [-0.2, -0.15) is 0 Å². The summed E-state index contributed by atoms with van der Waals surface area (Å²) in [5.74, 6) is -0.564. The summed E-state index contributed by atoms with van der Waals surface area (Å²) in [4.78, 5) is 36.0. The minimum atomic E-state index is -0.734. The number of hydrogen-bond donors (Lipinski definition) is 3. The second-order valence-corrected chi connectivity index (χ2v) is 6.23. The van der Waals surface area contributed by atoms with Gasteiger partial charge in [0.1, 0.15) is 5.75 Å². The highest BCUT2D eigenvalue weighted by atomic mass is 16.5. The second kappa shape index (κ2) is 10.7. The summed E-state index contributed by atoms with van der Waals surface area (Å²) < 4.78 is 5.73. The molecule has 1 atom stereocenters. The third-order valence-electron chi connectivity index (χ3n) is 3.99. The molecular weight excluding hydrogens is 358 g/mol. The number of hydrazine groups is 1. The van der Waals surface area contributed by atoms with Gasteiger partial charge in [-0.05, 0) is 37.1 Å². The van der Waals surface area contributed by atoms with Gasteiger partial charge in [-0.1, -0.05) is 43.3 Å². The van der Waals surface area contributed by atoms with Crippen molar-refractivity contribution in [3.63, 3.8) is 0 Å². The molecule has 0 aromatic heterocycles. The predicted octanol–water partition coefficient (Wildman–Crippen LogP) is 2.72. The van der Waals surface area contributed by atoms with Gasteiger partial charge in [-0.25, -0.2) is 0 Å². The van der Waals surface area contributed by atoms with E-state index in [1.54, 1.807) is 30.3 Å². The van der Waals surface area contributed by atoms with Gasteiger partial charge < -0.3 is 10.1 Å². The van der Waals surface area contributed by atoms with Gasteiger partial charge in [0.15, 0.2) is 6.10 Å². The van der Waals surface area contributed by atoms with Gasteiger partial charge in [0.2, 0.25) is 11.8 Å². The van der Waals surface area contributed by atoms with Crippen molar-refractivity contribution in [1.82, 2.24) is 10.9 Å². The van der Waals surface area contributed by atoms with Crippen molar-refractivity contribution >= 4 is 23.4 Å². The molecule has 148 valence electrons. The zero-order valence-corrected chi connectivity index (χ0v) is 16.0. The van der Waals surface area contributed by atoms with Crippen LogP contribution in [0, 0.1) is 6.92 Å². The summed E-state index contributed by atoms with van der Waals surface area (Å²) in [5.41, 5.74) is 6.26. The van der Waals surface area contributed by atoms with Crippen molar-refractivity contribution in [3.8, 4) is 5.75 Å². The summed E-state index contributed by atoms with van der Waals surface area (Å²) in [6, 6.07) is 16.4. The molecule has 0 aliphatic heterocycles. The predicted molar refractivity (Wildman–Crippen MR) is 106 cm³/mol. The zero-order valence-electron chi connectivity index (χ0n) is 16.0. The lowest BCUT2D eigenvalue weighted by atomic mass is 10.2. The third-order valence-corrected chi connectivity index (χ3v) is 3.99. The van der Waals surface area contributed by atoms with E-state index in [-0.39, 0.29) is 18.7 Å². The van der Waals surface area contributed by atoms with E-state index in [4.69, 9.17) is 4.74 Å². The lowest BCUT2D eigenvalue weighted by Gasteiger charge is -2.18. The number of amides is 3. The van der Waals surface area contributed by atoms with E-state index >= 15 is 0 Å². The lowest BCUT2D eigenvalue weighted by molar-refractivity contribution is -0.133. The third kappa shape index (κ3) is 6.75. The van der Waals surface area contributed by atoms with E-state index in [0.29, 0.717) is 17.9 Å². The average Bonchev–Trinajstić information content (AvgIpc) is 2.70. The summed E-state index contributed by atoms with van der Waals surface area (Å²) >= 11 is 0. The minimum Gasteiger partial charge on any atom is -0.480 e. The number of para-hydroxylation sites is 2. The molecule has 0 radical (unpaired) electrons. The molecule has 7 nitrogen and oxygen atoms in total. The van der Waals surface area contributed by atoms with Crippen molar-refractivity contribution in [2.45, 2.75) is 39.2 Å². The fourth-order valence-corrected chi connectivity index (χ4v) is 2.41. The van der Waals surface area contributed by atoms with Crippen LogP contribution in [-0.2, 0) is 14.4 Å². The van der Waals surface area contributed by atoms with Gasteiger partial charge in [0.25, 0.3) is 5.91 Å². The molecule has 0 spiro atoms. The quantitative estimate of drug-likeness (QED) is 0.611. The Kier molecular flexibility index (Phi) is 8.02. The summed E-state index contributed by atoms with van der Waals surface area (Å²) in [6.45, 7) is 3.71. The number of carbonyl (C=O) groups excluding carboxylic acids is 3. The van der Waals surface area contributed by atoms with Crippen LogP contribution < -0.4 is 20.9 Å². The molecule has 0 aliphatic carbocycles. The zero-order chi connectivity index (χ0) is 20.4. The largest absolute Gasteiger partial charge is 0.480 e. The molecule has 28 heavy (non-hydrogen) atoms. The van der Waals surface area contributed by atoms with Crippen LogP contribution in [0.3, 0.4) is 0 Å². The molecule has 2 aromatic rings. The van der Waals surface area contributed by atoms with E-state index < -0.39 is 17.9 Å². The SMILES string of the molecule is CCC(Oc1ccccc1C)C(=O)NNC(=O)CCC(=O)Nc1ccccc1. The highest BCUT2D eigenvalue weighted by Crippen LogP contribution is 2.18. The molecule has 0 heterocycles. The monoisotopic (exact) mass is 383 g/mol. The van der Waals surface area contributed by atoms with Crippen LogP contribution in [0.5, 0.6) is 5.75 Å². The van der Waals surface area contributed by atoms with Crippen LogP contribution in [0.15, 0.2) is 54.6 Å². The van der Waals surface area contributed by atoms with Gasteiger partial charge in [-0.15, -0.1) is 0 Å². The first-order valence-corrected chi connectivity index (χ1v) is 9.15. The molecule has 1 unspecified atom stereocenters. The number of anilines is 1. The van der Waals surface area contributed by atoms with Gasteiger partial charge in [-0.3, -0.25) is 25.2 Å². The molecular formula is C21H25N3O4. The Morgan fingerprint density at radius 1 is 0.893 bits per heavy atom. The Morgan fingerprint density at radius 3 is 2.21 bits per heavy atom. The van der Waals surface area contributed by atoms with Crippen LogP contribution in [-0.4, -0.2) is 23.8 Å². The number of aryl methyl sites for hydroxylation is 1. The number of ether oxygens (including phenoxy) is 1. The number of rotatable bonds is 8. The standard InChI is InChI=1S/C21H25N3O4/c1-3-17(28-18-12-8-7-9-15(18)2)21(27)24-23-20(26)14-13-19(25)22-16-10-5-4-6-11-16/h4-12,17H,3,13-14H2,1-2H3,(H,22,25)(H,23,26)(H,24,27). The maximum Gasteiger partial charge on any atom is 0.279 e. The average molecular weight is 383 g/mol. The lowest BCUT2D eigenvalue weighted by Crippen LogP contribution is -2.48. The van der Waals surface area contributed by atoms with Crippen LogP contribution in [0.25, 0.3) is 0 Å². The fourth-order valence-electron chi connectivity index (χ4n) is 2.41. The van der Waals surface area contributed by atoms with E-state index in [1.165, 1.54) is 0 Å². The first-order valence-electron chi connectivity index (χ1n) is 9.15. The van der Waals surface area contributed by atoms with Crippen LogP contribution in [0.2, 0.25) is 0 Å². The van der Waals surface area contributed by atoms with Crippen molar-refractivity contribution in [2.75, 3.05) is 5.32 Å². The first kappa shape index (κ1) is 21.0. The maximum atomic E-state index is 12.2. The fraction of sp³-hybridized carbons (Fsp3) is 0.286. The summed E-state index contributed by atoms with van der Waals surface area (Å²) in [7, 11) is 0. The van der Waals surface area contributed by atoms with Crippen LogP contribution >= 0.6 is 0 Å². The smallest absolute Gasteiger partial charge is 0.279 e. The van der Waals surface area contributed by atoms with Crippen molar-refractivity contribution in [3.05, 3.63) is 60.2 Å². The van der Waals surface area contributed by atoms with Crippen LogP contribution in [0.1, 0.15) is 31.7 Å². The Morgan fingerprint density at radius 2 is 1.54 bits per heavy atom. The Balaban J connectivity index is 1.74. The van der Waals surface area contributed by atoms with Crippen molar-refractivity contribution < 1.29 is 19.1 Å². The minimum absolute atomic E-state index is 0.00745. The molecule has 0 aliphatic rings. The van der Waals surface area contributed by atoms with Gasteiger partial charge in [0, 0.05) is 18.5 Å². The summed E-state index contributed by atoms with van der Waals surface area (Å²) in [6.07, 6.45) is -0.333.